The Hall–Kier alpha value is -2.18. The molecule has 0 aliphatic carbocycles. The quantitative estimate of drug-likeness (QED) is 0.774. The second kappa shape index (κ2) is 6.37. The summed E-state index contributed by atoms with van der Waals surface area (Å²) < 4.78 is 1.91. The van der Waals surface area contributed by atoms with E-state index in [1.54, 1.807) is 12.7 Å². The van der Waals surface area contributed by atoms with Gasteiger partial charge in [0.15, 0.2) is 0 Å². The molecule has 2 atom stereocenters. The summed E-state index contributed by atoms with van der Waals surface area (Å²) in [7, 11) is 0. The van der Waals surface area contributed by atoms with Crippen LogP contribution in [-0.4, -0.2) is 48.9 Å². The number of rotatable bonds is 4. The van der Waals surface area contributed by atoms with E-state index in [9.17, 15) is 5.11 Å². The third kappa shape index (κ3) is 2.72. The summed E-state index contributed by atoms with van der Waals surface area (Å²) in [5.74, 6) is 0. The van der Waals surface area contributed by atoms with Crippen LogP contribution in [0.1, 0.15) is 37.8 Å². The molecule has 0 spiro atoms. The van der Waals surface area contributed by atoms with Crippen molar-refractivity contribution in [1.82, 2.24) is 24.6 Å². The molecule has 6 nitrogen and oxygen atoms in total. The highest BCUT2D eigenvalue weighted by molar-refractivity contribution is 5.85. The van der Waals surface area contributed by atoms with Gasteiger partial charge in [-0.25, -0.2) is 0 Å². The number of hydrogen-bond acceptors (Lipinski definition) is 4. The molecule has 24 heavy (non-hydrogen) atoms. The Kier molecular flexibility index (Phi) is 4.08. The average Bonchev–Trinajstić information content (AvgIpc) is 3.25. The summed E-state index contributed by atoms with van der Waals surface area (Å²) in [5, 5.41) is 19.2. The van der Waals surface area contributed by atoms with Gasteiger partial charge < -0.3 is 10.1 Å². The number of likely N-dealkylation sites (tertiary alicyclic amines) is 1. The standard InChI is InChI=1S/C18H23N5O/c1-2-6-22-7-5-14(24)9-18(22)16-10-19-17-4-3-13(8-15(16)17)23-11-20-21-12-23/h3-4,8,10-12,14,18-19,24H,2,5-7,9H2,1H3. The molecular weight excluding hydrogens is 302 g/mol. The molecule has 2 unspecified atom stereocenters. The van der Waals surface area contributed by atoms with E-state index in [0.29, 0.717) is 0 Å². The highest BCUT2D eigenvalue weighted by Crippen LogP contribution is 2.36. The summed E-state index contributed by atoms with van der Waals surface area (Å²) in [4.78, 5) is 5.89. The first-order valence-corrected chi connectivity index (χ1v) is 8.64. The van der Waals surface area contributed by atoms with Gasteiger partial charge in [0.1, 0.15) is 12.7 Å². The lowest BCUT2D eigenvalue weighted by Gasteiger charge is -2.37. The summed E-state index contributed by atoms with van der Waals surface area (Å²) >= 11 is 0. The fourth-order valence-corrected chi connectivity index (χ4v) is 3.77. The number of nitrogens with one attached hydrogen (secondary N) is 1. The molecule has 1 fully saturated rings. The first kappa shape index (κ1) is 15.4. The highest BCUT2D eigenvalue weighted by atomic mass is 16.3. The van der Waals surface area contributed by atoms with Crippen molar-refractivity contribution in [3.8, 4) is 5.69 Å². The minimum Gasteiger partial charge on any atom is -0.393 e. The van der Waals surface area contributed by atoms with Gasteiger partial charge in [0, 0.05) is 35.4 Å². The van der Waals surface area contributed by atoms with Crippen molar-refractivity contribution in [2.24, 2.45) is 0 Å². The molecule has 6 heteroatoms. The zero-order valence-electron chi connectivity index (χ0n) is 13.9. The first-order chi connectivity index (χ1) is 11.8. The maximum absolute atomic E-state index is 10.2. The maximum atomic E-state index is 10.2. The van der Waals surface area contributed by atoms with E-state index in [-0.39, 0.29) is 12.1 Å². The number of piperidine rings is 1. The molecular formula is C18H23N5O. The number of hydrogen-bond donors (Lipinski definition) is 2. The van der Waals surface area contributed by atoms with Crippen molar-refractivity contribution >= 4 is 10.9 Å². The highest BCUT2D eigenvalue weighted by Gasteiger charge is 2.29. The predicted octanol–water partition coefficient (Wildman–Crippen LogP) is 2.66. The molecule has 3 heterocycles. The zero-order valence-corrected chi connectivity index (χ0v) is 13.9. The molecule has 1 aliphatic heterocycles. The van der Waals surface area contributed by atoms with Crippen LogP contribution in [0.2, 0.25) is 0 Å². The van der Waals surface area contributed by atoms with Gasteiger partial charge >= 0.3 is 0 Å². The molecule has 1 aliphatic rings. The molecule has 126 valence electrons. The van der Waals surface area contributed by atoms with Crippen LogP contribution in [0.25, 0.3) is 16.6 Å². The minimum absolute atomic E-state index is 0.214. The lowest BCUT2D eigenvalue weighted by atomic mass is 9.92. The molecule has 2 aromatic heterocycles. The van der Waals surface area contributed by atoms with Crippen LogP contribution in [0.5, 0.6) is 0 Å². The normalized spacial score (nSPS) is 22.2. The third-order valence-electron chi connectivity index (χ3n) is 4.97. The molecule has 0 radical (unpaired) electrons. The van der Waals surface area contributed by atoms with E-state index < -0.39 is 0 Å². The van der Waals surface area contributed by atoms with E-state index >= 15 is 0 Å². The topological polar surface area (TPSA) is 70.0 Å². The summed E-state index contributed by atoms with van der Waals surface area (Å²) in [6.45, 7) is 4.23. The van der Waals surface area contributed by atoms with Gasteiger partial charge in [0.05, 0.1) is 6.10 Å². The van der Waals surface area contributed by atoms with E-state index in [2.05, 4.69) is 51.4 Å². The SMILES string of the molecule is CCCN1CCC(O)CC1c1c[nH]c2ccc(-n3cnnc3)cc12. The Bertz CT molecular complexity index is 810. The second-order valence-electron chi connectivity index (χ2n) is 6.57. The third-order valence-corrected chi connectivity index (χ3v) is 4.97. The van der Waals surface area contributed by atoms with Crippen molar-refractivity contribution in [2.45, 2.75) is 38.3 Å². The van der Waals surface area contributed by atoms with Crippen LogP contribution in [0, 0.1) is 0 Å². The predicted molar refractivity (Wildman–Crippen MR) is 93.1 cm³/mol. The summed E-state index contributed by atoms with van der Waals surface area (Å²) in [6.07, 6.45) is 8.10. The number of aromatic amines is 1. The summed E-state index contributed by atoms with van der Waals surface area (Å²) in [5.41, 5.74) is 3.44. The Balaban J connectivity index is 1.76. The van der Waals surface area contributed by atoms with E-state index in [4.69, 9.17) is 0 Å². The number of H-pyrrole nitrogens is 1. The largest absolute Gasteiger partial charge is 0.393 e. The molecule has 0 amide bonds. The maximum Gasteiger partial charge on any atom is 0.123 e. The van der Waals surface area contributed by atoms with Gasteiger partial charge in [0.2, 0.25) is 0 Å². The number of fused-ring (bicyclic) bond motifs is 1. The van der Waals surface area contributed by atoms with Crippen molar-refractivity contribution in [3.05, 3.63) is 42.6 Å². The molecule has 1 aromatic carbocycles. The second-order valence-corrected chi connectivity index (χ2v) is 6.57. The summed E-state index contributed by atoms with van der Waals surface area (Å²) in [6, 6.07) is 6.59. The van der Waals surface area contributed by atoms with Crippen LogP contribution in [0.15, 0.2) is 37.1 Å². The molecule has 3 aromatic rings. The van der Waals surface area contributed by atoms with Crippen LogP contribution in [0.4, 0.5) is 0 Å². The Morgan fingerprint density at radius 2 is 2.12 bits per heavy atom. The average molecular weight is 325 g/mol. The number of aliphatic hydroxyl groups excluding tert-OH is 1. The fourth-order valence-electron chi connectivity index (χ4n) is 3.77. The van der Waals surface area contributed by atoms with Gasteiger partial charge in [-0.3, -0.25) is 9.47 Å². The molecule has 0 saturated carbocycles. The molecule has 2 N–H and O–H groups in total. The Labute approximate surface area is 141 Å². The van der Waals surface area contributed by atoms with Crippen LogP contribution in [-0.2, 0) is 0 Å². The number of benzene rings is 1. The van der Waals surface area contributed by atoms with Crippen molar-refractivity contribution in [1.29, 1.82) is 0 Å². The van der Waals surface area contributed by atoms with Gasteiger partial charge in [-0.1, -0.05) is 6.92 Å². The Morgan fingerprint density at radius 3 is 2.92 bits per heavy atom. The van der Waals surface area contributed by atoms with E-state index in [1.807, 2.05) is 4.57 Å². The lowest BCUT2D eigenvalue weighted by molar-refractivity contribution is 0.0414. The molecule has 1 saturated heterocycles. The van der Waals surface area contributed by atoms with Gasteiger partial charge in [-0.15, -0.1) is 10.2 Å². The van der Waals surface area contributed by atoms with Crippen molar-refractivity contribution in [2.75, 3.05) is 13.1 Å². The van der Waals surface area contributed by atoms with Gasteiger partial charge in [0.25, 0.3) is 0 Å². The van der Waals surface area contributed by atoms with Crippen LogP contribution in [0.3, 0.4) is 0 Å². The van der Waals surface area contributed by atoms with Crippen molar-refractivity contribution in [3.63, 3.8) is 0 Å². The number of nitrogens with zero attached hydrogens (tertiary/aromatic N) is 4. The van der Waals surface area contributed by atoms with E-state index in [1.165, 1.54) is 10.9 Å². The fraction of sp³-hybridized carbons (Fsp3) is 0.444. The minimum atomic E-state index is -0.214. The molecule has 0 bridgehead atoms. The van der Waals surface area contributed by atoms with Crippen LogP contribution < -0.4 is 0 Å². The van der Waals surface area contributed by atoms with Crippen molar-refractivity contribution < 1.29 is 5.11 Å². The monoisotopic (exact) mass is 325 g/mol. The van der Waals surface area contributed by atoms with E-state index in [0.717, 1.165) is 43.6 Å². The zero-order chi connectivity index (χ0) is 16.5. The van der Waals surface area contributed by atoms with Gasteiger partial charge in [-0.2, -0.15) is 0 Å². The van der Waals surface area contributed by atoms with Gasteiger partial charge in [-0.05, 0) is 49.6 Å². The number of aliphatic hydroxyl groups is 1. The van der Waals surface area contributed by atoms with Crippen LogP contribution >= 0.6 is 0 Å². The Morgan fingerprint density at radius 1 is 1.29 bits per heavy atom. The lowest BCUT2D eigenvalue weighted by Crippen LogP contribution is -2.39. The number of aromatic nitrogens is 4. The first-order valence-electron chi connectivity index (χ1n) is 8.64. The molecule has 4 rings (SSSR count). The smallest absolute Gasteiger partial charge is 0.123 e.